The van der Waals surface area contributed by atoms with Gasteiger partial charge in [0.1, 0.15) is 0 Å². The second kappa shape index (κ2) is 9.92. The topological polar surface area (TPSA) is 20.8 Å². The Bertz CT molecular complexity index is 1620. The van der Waals surface area contributed by atoms with Crippen molar-refractivity contribution in [2.24, 2.45) is 7.05 Å². The van der Waals surface area contributed by atoms with Gasteiger partial charge in [-0.15, -0.1) is 0 Å². The van der Waals surface area contributed by atoms with Crippen LogP contribution in [-0.4, -0.2) is 11.5 Å². The molecule has 1 aliphatic rings. The average molecular weight is 511 g/mol. The zero-order valence-corrected chi connectivity index (χ0v) is 23.9. The Balaban J connectivity index is 1.80. The van der Waals surface area contributed by atoms with Crippen molar-refractivity contribution in [1.29, 1.82) is 0 Å². The van der Waals surface area contributed by atoms with Crippen LogP contribution >= 0.6 is 0 Å². The normalized spacial score (nSPS) is 12.5. The maximum Gasteiger partial charge on any atom is 0.535 e. The first kappa shape index (κ1) is 25.2. The first-order valence-electron chi connectivity index (χ1n) is 14.1. The Morgan fingerprint density at radius 3 is 1.85 bits per heavy atom. The lowest BCUT2D eigenvalue weighted by molar-refractivity contribution is -0.510. The van der Waals surface area contributed by atoms with Gasteiger partial charge < -0.3 is 5.23 Å². The van der Waals surface area contributed by atoms with Gasteiger partial charge in [-0.25, -0.2) is 4.57 Å². The summed E-state index contributed by atoms with van der Waals surface area (Å²) in [5.74, 6) is 2.04. The van der Waals surface area contributed by atoms with Gasteiger partial charge in [-0.3, -0.25) is 4.48 Å². The van der Waals surface area contributed by atoms with E-state index in [-0.39, 0.29) is 6.98 Å². The molecule has 0 unspecified atom stereocenters. The van der Waals surface area contributed by atoms with Crippen molar-refractivity contribution in [3.8, 4) is 33.9 Å². The van der Waals surface area contributed by atoms with Crippen molar-refractivity contribution < 1.29 is 4.48 Å². The van der Waals surface area contributed by atoms with Crippen molar-refractivity contribution in [2.75, 3.05) is 5.23 Å². The number of hydrogen-bond acceptors (Lipinski definition) is 1. The van der Waals surface area contributed by atoms with E-state index in [0.717, 1.165) is 0 Å². The highest BCUT2D eigenvalue weighted by molar-refractivity contribution is 6.70. The van der Waals surface area contributed by atoms with Gasteiger partial charge in [0.05, 0.1) is 12.6 Å². The molecule has 0 fully saturated rings. The molecule has 39 heavy (non-hydrogen) atoms. The summed E-state index contributed by atoms with van der Waals surface area (Å²) >= 11 is 0. The third-order valence-electron chi connectivity index (χ3n) is 8.18. The third kappa shape index (κ3) is 4.10. The SMILES string of the molecule is Cc1cccc2c1-c1n(C)c(-c3ccccc3)c(-c3ccccc3)[n+]1B(c1c(C(C)C)cccc1C(C)C)N2. The highest BCUT2D eigenvalue weighted by Crippen LogP contribution is 2.40. The fraction of sp³-hybridized carbons (Fsp3) is 0.229. The van der Waals surface area contributed by atoms with Crippen LogP contribution in [0.5, 0.6) is 0 Å². The molecule has 4 aromatic carbocycles. The molecule has 1 N–H and O–H groups in total. The Labute approximate surface area is 233 Å². The lowest BCUT2D eigenvalue weighted by Crippen LogP contribution is -2.68. The van der Waals surface area contributed by atoms with E-state index >= 15 is 0 Å². The van der Waals surface area contributed by atoms with E-state index in [0.29, 0.717) is 11.8 Å². The average Bonchev–Trinajstić information content (AvgIpc) is 3.26. The van der Waals surface area contributed by atoms with Gasteiger partial charge in [0.15, 0.2) is 11.4 Å². The summed E-state index contributed by atoms with van der Waals surface area (Å²) in [6, 6.07) is 35.3. The van der Waals surface area contributed by atoms with Gasteiger partial charge >= 0.3 is 6.98 Å². The number of nitrogens with zero attached hydrogens (tertiary/aromatic N) is 2. The van der Waals surface area contributed by atoms with E-state index in [2.05, 4.69) is 153 Å². The minimum Gasteiger partial charge on any atom is -0.383 e. The van der Waals surface area contributed by atoms with Crippen LogP contribution in [0.4, 0.5) is 5.69 Å². The number of anilines is 1. The minimum atomic E-state index is -0.0517. The number of hydrogen-bond donors (Lipinski definition) is 1. The van der Waals surface area contributed by atoms with Crippen molar-refractivity contribution in [1.82, 2.24) is 4.57 Å². The summed E-state index contributed by atoms with van der Waals surface area (Å²) in [7, 11) is 2.23. The smallest absolute Gasteiger partial charge is 0.383 e. The third-order valence-corrected chi connectivity index (χ3v) is 8.18. The number of rotatable bonds is 5. The summed E-state index contributed by atoms with van der Waals surface area (Å²) < 4.78 is 5.00. The molecule has 0 bridgehead atoms. The van der Waals surface area contributed by atoms with Crippen molar-refractivity contribution in [3.05, 3.63) is 114 Å². The summed E-state index contributed by atoms with van der Waals surface area (Å²) in [5.41, 5.74) is 12.8. The fourth-order valence-electron chi connectivity index (χ4n) is 6.41. The molecule has 0 aliphatic carbocycles. The molecule has 0 spiro atoms. The molecule has 5 aromatic rings. The first-order chi connectivity index (χ1) is 18.9. The van der Waals surface area contributed by atoms with E-state index < -0.39 is 0 Å². The van der Waals surface area contributed by atoms with Crippen LogP contribution in [0.1, 0.15) is 56.2 Å². The summed E-state index contributed by atoms with van der Waals surface area (Å²) in [4.78, 5) is 0. The molecule has 0 radical (unpaired) electrons. The van der Waals surface area contributed by atoms with Crippen LogP contribution in [0.2, 0.25) is 0 Å². The molecular formula is C35H37BN3+. The maximum absolute atomic E-state index is 4.05. The van der Waals surface area contributed by atoms with Crippen molar-refractivity contribution >= 4 is 18.1 Å². The molecule has 0 amide bonds. The lowest BCUT2D eigenvalue weighted by Gasteiger charge is -2.28. The number of aromatic nitrogens is 2. The molecule has 3 nitrogen and oxygen atoms in total. The lowest BCUT2D eigenvalue weighted by atomic mass is 9.59. The van der Waals surface area contributed by atoms with Crippen LogP contribution in [0.3, 0.4) is 0 Å². The van der Waals surface area contributed by atoms with E-state index in [1.54, 1.807) is 0 Å². The molecular weight excluding hydrogens is 473 g/mol. The Morgan fingerprint density at radius 2 is 1.26 bits per heavy atom. The Hall–Kier alpha value is -4.05. The predicted molar refractivity (Wildman–Crippen MR) is 166 cm³/mol. The number of imidazole rings is 1. The van der Waals surface area contributed by atoms with E-state index in [1.807, 2.05) is 0 Å². The van der Waals surface area contributed by atoms with Crippen molar-refractivity contribution in [2.45, 2.75) is 46.5 Å². The summed E-state index contributed by atoms with van der Waals surface area (Å²) in [6.07, 6.45) is 0. The van der Waals surface area contributed by atoms with Crippen LogP contribution in [0, 0.1) is 6.92 Å². The van der Waals surface area contributed by atoms with Gasteiger partial charge in [0, 0.05) is 22.3 Å². The van der Waals surface area contributed by atoms with Crippen molar-refractivity contribution in [3.63, 3.8) is 0 Å². The highest BCUT2D eigenvalue weighted by atomic mass is 15.2. The van der Waals surface area contributed by atoms with Crippen LogP contribution in [0.25, 0.3) is 33.9 Å². The maximum atomic E-state index is 4.05. The molecule has 1 aliphatic heterocycles. The molecule has 0 atom stereocenters. The molecule has 0 saturated heterocycles. The fourth-order valence-corrected chi connectivity index (χ4v) is 6.41. The van der Waals surface area contributed by atoms with Crippen LogP contribution in [-0.2, 0) is 7.05 Å². The van der Waals surface area contributed by atoms with Crippen LogP contribution < -0.4 is 15.2 Å². The summed E-state index contributed by atoms with van der Waals surface area (Å²) in [6.45, 7) is 11.4. The standard InChI is InChI=1S/C35H36BN3/c1-23(2)28-20-14-21-29(24(3)4)32(28)36-37-30-22-13-15-25(5)31(30)35-38(6)33(26-16-9-7-10-17-26)34(39(35)36)27-18-11-8-12-19-27/h7-24H,1-6H3/p+1. The predicted octanol–water partition coefficient (Wildman–Crippen LogP) is 7.54. The zero-order valence-electron chi connectivity index (χ0n) is 23.9. The van der Waals surface area contributed by atoms with E-state index in [4.69, 9.17) is 0 Å². The Morgan fingerprint density at radius 1 is 0.692 bits per heavy atom. The molecule has 2 heterocycles. The molecule has 0 saturated carbocycles. The zero-order chi connectivity index (χ0) is 27.3. The minimum absolute atomic E-state index is 0.0517. The summed E-state index contributed by atoms with van der Waals surface area (Å²) in [5, 5.41) is 4.05. The second-order valence-corrected chi connectivity index (χ2v) is 11.4. The van der Waals surface area contributed by atoms with Gasteiger partial charge in [-0.2, -0.15) is 0 Å². The van der Waals surface area contributed by atoms with Gasteiger partial charge in [-0.05, 0) is 41.5 Å². The van der Waals surface area contributed by atoms with Gasteiger partial charge in [0.25, 0.3) is 5.82 Å². The van der Waals surface area contributed by atoms with E-state index in [9.17, 15) is 0 Å². The largest absolute Gasteiger partial charge is 0.535 e. The quantitative estimate of drug-likeness (QED) is 0.242. The monoisotopic (exact) mass is 510 g/mol. The Kier molecular flexibility index (Phi) is 6.42. The van der Waals surface area contributed by atoms with Gasteiger partial charge in [-0.1, -0.05) is 119 Å². The molecule has 1 aromatic heterocycles. The molecule has 194 valence electrons. The van der Waals surface area contributed by atoms with E-state index in [1.165, 1.54) is 61.7 Å². The highest BCUT2D eigenvalue weighted by Gasteiger charge is 2.46. The van der Waals surface area contributed by atoms with Gasteiger partial charge in [0.2, 0.25) is 0 Å². The number of fused-ring (bicyclic) bond motifs is 3. The first-order valence-corrected chi connectivity index (χ1v) is 14.1. The molecule has 6 rings (SSSR count). The molecule has 4 heteroatoms. The second-order valence-electron chi connectivity index (χ2n) is 11.4. The van der Waals surface area contributed by atoms with Crippen LogP contribution in [0.15, 0.2) is 97.1 Å². The number of benzene rings is 4. The number of nitrogens with one attached hydrogen (secondary N) is 1. The number of aryl methyl sites for hydroxylation is 1.